The van der Waals surface area contributed by atoms with E-state index in [2.05, 4.69) is 22.4 Å². The molecule has 0 fully saturated rings. The fourth-order valence-electron chi connectivity index (χ4n) is 2.75. The van der Waals surface area contributed by atoms with Crippen molar-refractivity contribution < 1.29 is 13.9 Å². The van der Waals surface area contributed by atoms with Crippen LogP contribution in [-0.2, 0) is 0 Å². The van der Waals surface area contributed by atoms with E-state index in [0.717, 1.165) is 29.7 Å². The Kier molecular flexibility index (Phi) is 6.42. The number of carbonyl (C=O) groups is 1. The van der Waals surface area contributed by atoms with E-state index in [1.54, 1.807) is 18.2 Å². The van der Waals surface area contributed by atoms with E-state index in [1.807, 2.05) is 31.2 Å². The summed E-state index contributed by atoms with van der Waals surface area (Å²) in [5, 5.41) is 9.88. The van der Waals surface area contributed by atoms with Crippen LogP contribution in [0.25, 0.3) is 11.3 Å². The van der Waals surface area contributed by atoms with Crippen LogP contribution in [0.15, 0.2) is 54.6 Å². The highest BCUT2D eigenvalue weighted by molar-refractivity contribution is 5.93. The van der Waals surface area contributed by atoms with Gasteiger partial charge in [-0.2, -0.15) is 5.10 Å². The van der Waals surface area contributed by atoms with Gasteiger partial charge in [-0.1, -0.05) is 25.5 Å². The van der Waals surface area contributed by atoms with Crippen LogP contribution in [0.4, 0.5) is 4.39 Å². The summed E-state index contributed by atoms with van der Waals surface area (Å²) in [6, 6.07) is 15.2. The Morgan fingerprint density at radius 3 is 2.57 bits per heavy atom. The van der Waals surface area contributed by atoms with Gasteiger partial charge in [0.1, 0.15) is 17.3 Å². The molecule has 6 heteroatoms. The van der Waals surface area contributed by atoms with Crippen molar-refractivity contribution in [3.63, 3.8) is 0 Å². The zero-order valence-electron chi connectivity index (χ0n) is 16.0. The summed E-state index contributed by atoms with van der Waals surface area (Å²) in [6.45, 7) is 4.67. The summed E-state index contributed by atoms with van der Waals surface area (Å²) < 4.78 is 18.7. The van der Waals surface area contributed by atoms with E-state index >= 15 is 0 Å². The Bertz CT molecular complexity index is 904. The summed E-state index contributed by atoms with van der Waals surface area (Å²) in [6.07, 6.45) is 2.12. The third kappa shape index (κ3) is 4.97. The van der Waals surface area contributed by atoms with Gasteiger partial charge in [-0.15, -0.1) is 0 Å². The van der Waals surface area contributed by atoms with Crippen molar-refractivity contribution >= 4 is 5.91 Å². The maximum atomic E-state index is 13.0. The van der Waals surface area contributed by atoms with Crippen LogP contribution < -0.4 is 10.1 Å². The molecule has 28 heavy (non-hydrogen) atoms. The average molecular weight is 381 g/mol. The molecular formula is C22H24FN3O2. The van der Waals surface area contributed by atoms with E-state index < -0.39 is 0 Å². The van der Waals surface area contributed by atoms with Gasteiger partial charge >= 0.3 is 0 Å². The number of hydrogen-bond acceptors (Lipinski definition) is 3. The molecule has 1 heterocycles. The number of H-pyrrole nitrogens is 1. The van der Waals surface area contributed by atoms with Gasteiger partial charge in [-0.3, -0.25) is 9.89 Å². The number of rotatable bonds is 8. The summed E-state index contributed by atoms with van der Waals surface area (Å²) in [5.41, 5.74) is 2.77. The SMILES string of the molecule is CCCCOc1ccc(-c2cc(C(=O)NC(C)c3ccc(F)cc3)[nH]n2)cc1. The van der Waals surface area contributed by atoms with Crippen LogP contribution in [-0.4, -0.2) is 22.7 Å². The minimum Gasteiger partial charge on any atom is -0.494 e. The van der Waals surface area contributed by atoms with Crippen molar-refractivity contribution in [2.24, 2.45) is 0 Å². The Morgan fingerprint density at radius 1 is 1.18 bits per heavy atom. The first-order valence-electron chi connectivity index (χ1n) is 9.42. The molecule has 0 aliphatic rings. The lowest BCUT2D eigenvalue weighted by atomic mass is 10.1. The lowest BCUT2D eigenvalue weighted by Gasteiger charge is -2.13. The third-order valence-electron chi connectivity index (χ3n) is 4.46. The molecule has 2 N–H and O–H groups in total. The minimum atomic E-state index is -0.303. The van der Waals surface area contributed by atoms with Gasteiger partial charge in [-0.05, 0) is 61.4 Å². The summed E-state index contributed by atoms with van der Waals surface area (Å²) in [7, 11) is 0. The normalized spacial score (nSPS) is 11.8. The van der Waals surface area contributed by atoms with Gasteiger partial charge in [0.05, 0.1) is 18.3 Å². The van der Waals surface area contributed by atoms with Crippen molar-refractivity contribution in [1.82, 2.24) is 15.5 Å². The number of hydrogen-bond donors (Lipinski definition) is 2. The predicted molar refractivity (Wildman–Crippen MR) is 107 cm³/mol. The monoisotopic (exact) mass is 381 g/mol. The Balaban J connectivity index is 1.62. The zero-order chi connectivity index (χ0) is 19.9. The highest BCUT2D eigenvalue weighted by Crippen LogP contribution is 2.22. The van der Waals surface area contributed by atoms with Crippen LogP contribution in [0, 0.1) is 5.82 Å². The molecule has 3 aromatic rings. The predicted octanol–water partition coefficient (Wildman–Crippen LogP) is 4.89. The molecular weight excluding hydrogens is 357 g/mol. The van der Waals surface area contributed by atoms with E-state index in [9.17, 15) is 9.18 Å². The average Bonchev–Trinajstić information content (AvgIpc) is 3.19. The summed E-state index contributed by atoms with van der Waals surface area (Å²) in [4.78, 5) is 12.5. The summed E-state index contributed by atoms with van der Waals surface area (Å²) in [5.74, 6) is 0.246. The van der Waals surface area contributed by atoms with E-state index in [1.165, 1.54) is 12.1 Å². The zero-order valence-corrected chi connectivity index (χ0v) is 16.0. The fraction of sp³-hybridized carbons (Fsp3) is 0.273. The van der Waals surface area contributed by atoms with Crippen molar-refractivity contribution in [2.45, 2.75) is 32.7 Å². The fourth-order valence-corrected chi connectivity index (χ4v) is 2.75. The second-order valence-electron chi connectivity index (χ2n) is 6.64. The lowest BCUT2D eigenvalue weighted by Crippen LogP contribution is -2.26. The second kappa shape index (κ2) is 9.17. The molecule has 3 rings (SSSR count). The van der Waals surface area contributed by atoms with Gasteiger partial charge < -0.3 is 10.1 Å². The quantitative estimate of drug-likeness (QED) is 0.546. The molecule has 0 saturated carbocycles. The number of nitrogens with zero attached hydrogens (tertiary/aromatic N) is 1. The van der Waals surface area contributed by atoms with Gasteiger partial charge in [0.15, 0.2) is 0 Å². The first-order valence-corrected chi connectivity index (χ1v) is 9.42. The van der Waals surface area contributed by atoms with E-state index in [4.69, 9.17) is 4.74 Å². The molecule has 5 nitrogen and oxygen atoms in total. The molecule has 1 unspecified atom stereocenters. The molecule has 0 saturated heterocycles. The van der Waals surface area contributed by atoms with Gasteiger partial charge in [-0.25, -0.2) is 4.39 Å². The number of aromatic nitrogens is 2. The van der Waals surface area contributed by atoms with Crippen molar-refractivity contribution in [1.29, 1.82) is 0 Å². The molecule has 1 amide bonds. The van der Waals surface area contributed by atoms with Crippen molar-refractivity contribution in [3.8, 4) is 17.0 Å². The standard InChI is InChI=1S/C22H24FN3O2/c1-3-4-13-28-19-11-7-17(8-12-19)20-14-21(26-25-20)22(27)24-15(2)16-5-9-18(23)10-6-16/h5-12,14-15H,3-4,13H2,1-2H3,(H,24,27)(H,25,26). The maximum Gasteiger partial charge on any atom is 0.269 e. The molecule has 0 spiro atoms. The minimum absolute atomic E-state index is 0.251. The number of halogens is 1. The third-order valence-corrected chi connectivity index (χ3v) is 4.46. The Morgan fingerprint density at radius 2 is 1.89 bits per heavy atom. The topological polar surface area (TPSA) is 67.0 Å². The molecule has 2 aromatic carbocycles. The van der Waals surface area contributed by atoms with Crippen LogP contribution in [0.3, 0.4) is 0 Å². The number of nitrogens with one attached hydrogen (secondary N) is 2. The number of benzene rings is 2. The molecule has 1 atom stereocenters. The van der Waals surface area contributed by atoms with E-state index in [0.29, 0.717) is 18.0 Å². The number of amides is 1. The number of aromatic amines is 1. The Labute approximate surface area is 163 Å². The first kappa shape index (κ1) is 19.6. The Hall–Kier alpha value is -3.15. The number of carbonyl (C=O) groups excluding carboxylic acids is 1. The second-order valence-corrected chi connectivity index (χ2v) is 6.64. The molecule has 0 aliphatic carbocycles. The van der Waals surface area contributed by atoms with Crippen LogP contribution in [0.5, 0.6) is 5.75 Å². The molecule has 0 aliphatic heterocycles. The van der Waals surface area contributed by atoms with Gasteiger partial charge in [0, 0.05) is 5.56 Å². The van der Waals surface area contributed by atoms with Crippen LogP contribution in [0.1, 0.15) is 48.8 Å². The van der Waals surface area contributed by atoms with Crippen molar-refractivity contribution in [3.05, 3.63) is 71.7 Å². The van der Waals surface area contributed by atoms with Crippen LogP contribution >= 0.6 is 0 Å². The van der Waals surface area contributed by atoms with Gasteiger partial charge in [0.2, 0.25) is 0 Å². The maximum absolute atomic E-state index is 13.0. The number of unbranched alkanes of at least 4 members (excludes halogenated alkanes) is 1. The smallest absolute Gasteiger partial charge is 0.269 e. The number of ether oxygens (including phenoxy) is 1. The molecule has 146 valence electrons. The van der Waals surface area contributed by atoms with Gasteiger partial charge in [0.25, 0.3) is 5.91 Å². The van der Waals surface area contributed by atoms with E-state index in [-0.39, 0.29) is 17.8 Å². The van der Waals surface area contributed by atoms with Crippen LogP contribution in [0.2, 0.25) is 0 Å². The molecule has 1 aromatic heterocycles. The molecule has 0 bridgehead atoms. The highest BCUT2D eigenvalue weighted by Gasteiger charge is 2.15. The van der Waals surface area contributed by atoms with Crippen molar-refractivity contribution in [2.75, 3.05) is 6.61 Å². The molecule has 0 radical (unpaired) electrons. The first-order chi connectivity index (χ1) is 13.6. The largest absolute Gasteiger partial charge is 0.494 e. The lowest BCUT2D eigenvalue weighted by molar-refractivity contribution is 0.0935. The highest BCUT2D eigenvalue weighted by atomic mass is 19.1. The summed E-state index contributed by atoms with van der Waals surface area (Å²) >= 11 is 0.